The molecule has 1 aromatic heterocycles. The lowest BCUT2D eigenvalue weighted by Gasteiger charge is -2.17. The fourth-order valence-electron chi connectivity index (χ4n) is 1.13. The monoisotopic (exact) mass is 223 g/mol. The summed E-state index contributed by atoms with van der Waals surface area (Å²) < 4.78 is 1.28. The lowest BCUT2D eigenvalue weighted by Crippen LogP contribution is -2.40. The van der Waals surface area contributed by atoms with Crippen molar-refractivity contribution in [1.29, 1.82) is 0 Å². The predicted molar refractivity (Wildman–Crippen MR) is 60.9 cm³/mol. The summed E-state index contributed by atoms with van der Waals surface area (Å²) in [6.45, 7) is 6.01. The van der Waals surface area contributed by atoms with Gasteiger partial charge in [0.1, 0.15) is 6.54 Å². The fourth-order valence-corrected chi connectivity index (χ4v) is 1.13. The van der Waals surface area contributed by atoms with Crippen LogP contribution in [0.4, 0.5) is 0 Å². The van der Waals surface area contributed by atoms with Gasteiger partial charge >= 0.3 is 5.69 Å². The van der Waals surface area contributed by atoms with Crippen molar-refractivity contribution in [3.63, 3.8) is 0 Å². The number of hydrogen-bond donors (Lipinski definition) is 1. The van der Waals surface area contributed by atoms with Gasteiger partial charge in [-0.15, -0.1) is 0 Å². The van der Waals surface area contributed by atoms with E-state index >= 15 is 0 Å². The third-order valence-corrected chi connectivity index (χ3v) is 2.49. The van der Waals surface area contributed by atoms with Crippen LogP contribution in [0.15, 0.2) is 23.3 Å². The Balaban J connectivity index is 2.59. The Bertz CT molecular complexity index is 412. The zero-order chi connectivity index (χ0) is 12.1. The Hall–Kier alpha value is -1.65. The first-order chi connectivity index (χ1) is 7.50. The number of amides is 1. The highest BCUT2D eigenvalue weighted by atomic mass is 16.2. The van der Waals surface area contributed by atoms with E-state index in [-0.39, 0.29) is 18.5 Å². The number of rotatable bonds is 4. The molecule has 0 aliphatic heterocycles. The molecule has 16 heavy (non-hydrogen) atoms. The van der Waals surface area contributed by atoms with Gasteiger partial charge < -0.3 is 5.32 Å². The molecule has 1 N–H and O–H groups in total. The van der Waals surface area contributed by atoms with Crippen LogP contribution in [0.2, 0.25) is 0 Å². The van der Waals surface area contributed by atoms with Gasteiger partial charge in [0.15, 0.2) is 0 Å². The second-order valence-corrected chi connectivity index (χ2v) is 4.13. The third-order valence-electron chi connectivity index (χ3n) is 2.49. The van der Waals surface area contributed by atoms with Gasteiger partial charge in [0.05, 0.1) is 0 Å². The first-order valence-electron chi connectivity index (χ1n) is 5.31. The van der Waals surface area contributed by atoms with E-state index in [2.05, 4.69) is 10.3 Å². The van der Waals surface area contributed by atoms with E-state index in [1.807, 2.05) is 20.8 Å². The van der Waals surface area contributed by atoms with Gasteiger partial charge in [0.2, 0.25) is 5.91 Å². The molecule has 0 saturated heterocycles. The van der Waals surface area contributed by atoms with Crippen LogP contribution >= 0.6 is 0 Å². The van der Waals surface area contributed by atoms with Crippen LogP contribution in [0.25, 0.3) is 0 Å². The molecule has 0 bridgehead atoms. The highest BCUT2D eigenvalue weighted by Gasteiger charge is 2.11. The Morgan fingerprint density at radius 1 is 1.50 bits per heavy atom. The molecule has 1 heterocycles. The predicted octanol–water partition coefficient (Wildman–Crippen LogP) is 0.404. The minimum absolute atomic E-state index is 0.0176. The molecular formula is C11H17N3O2. The maximum absolute atomic E-state index is 11.6. The second-order valence-electron chi connectivity index (χ2n) is 4.13. The maximum atomic E-state index is 11.6. The standard InChI is InChI=1S/C11H17N3O2/c1-8(2)9(3)13-10(15)7-14-6-4-5-12-11(14)16/h4-6,8-9H,7H2,1-3H3,(H,13,15). The van der Waals surface area contributed by atoms with Crippen molar-refractivity contribution < 1.29 is 4.79 Å². The Morgan fingerprint density at radius 2 is 2.19 bits per heavy atom. The molecule has 1 rings (SSSR count). The highest BCUT2D eigenvalue weighted by molar-refractivity contribution is 5.75. The van der Waals surface area contributed by atoms with Gasteiger partial charge in [-0.25, -0.2) is 9.78 Å². The van der Waals surface area contributed by atoms with Crippen LogP contribution in [0.3, 0.4) is 0 Å². The van der Waals surface area contributed by atoms with Crippen molar-refractivity contribution in [3.05, 3.63) is 28.9 Å². The van der Waals surface area contributed by atoms with Crippen LogP contribution in [-0.2, 0) is 11.3 Å². The molecule has 0 aliphatic rings. The van der Waals surface area contributed by atoms with E-state index in [1.54, 1.807) is 12.3 Å². The summed E-state index contributed by atoms with van der Waals surface area (Å²) in [7, 11) is 0. The van der Waals surface area contributed by atoms with Crippen LogP contribution in [-0.4, -0.2) is 21.5 Å². The summed E-state index contributed by atoms with van der Waals surface area (Å²) in [5, 5.41) is 2.83. The summed E-state index contributed by atoms with van der Waals surface area (Å²) in [5.41, 5.74) is -0.408. The van der Waals surface area contributed by atoms with E-state index in [0.717, 1.165) is 0 Å². The molecule has 1 aromatic rings. The quantitative estimate of drug-likeness (QED) is 0.803. The molecule has 0 aromatic carbocycles. The summed E-state index contributed by atoms with van der Waals surface area (Å²) >= 11 is 0. The minimum Gasteiger partial charge on any atom is -0.352 e. The van der Waals surface area contributed by atoms with Gasteiger partial charge in [-0.2, -0.15) is 0 Å². The van der Waals surface area contributed by atoms with Gasteiger partial charge in [-0.05, 0) is 18.9 Å². The maximum Gasteiger partial charge on any atom is 0.347 e. The highest BCUT2D eigenvalue weighted by Crippen LogP contribution is 1.99. The SMILES string of the molecule is CC(C)C(C)NC(=O)Cn1cccnc1=O. The smallest absolute Gasteiger partial charge is 0.347 e. The topological polar surface area (TPSA) is 64.0 Å². The lowest BCUT2D eigenvalue weighted by atomic mass is 10.1. The molecule has 0 aliphatic carbocycles. The van der Waals surface area contributed by atoms with Gasteiger partial charge in [0.25, 0.3) is 0 Å². The number of carbonyl (C=O) groups excluding carboxylic acids is 1. The second kappa shape index (κ2) is 5.44. The molecule has 1 unspecified atom stereocenters. The zero-order valence-electron chi connectivity index (χ0n) is 9.80. The largest absolute Gasteiger partial charge is 0.352 e. The van der Waals surface area contributed by atoms with Crippen molar-refractivity contribution in [2.45, 2.75) is 33.4 Å². The average molecular weight is 223 g/mol. The zero-order valence-corrected chi connectivity index (χ0v) is 9.80. The summed E-state index contributed by atoms with van der Waals surface area (Å²) in [6.07, 6.45) is 2.96. The van der Waals surface area contributed by atoms with Crippen LogP contribution < -0.4 is 11.0 Å². The number of nitrogens with one attached hydrogen (secondary N) is 1. The Kier molecular flexibility index (Phi) is 4.22. The molecule has 5 nitrogen and oxygen atoms in total. The van der Waals surface area contributed by atoms with Crippen molar-refractivity contribution in [3.8, 4) is 0 Å². The summed E-state index contributed by atoms with van der Waals surface area (Å²) in [6, 6.07) is 1.72. The van der Waals surface area contributed by atoms with E-state index in [4.69, 9.17) is 0 Å². The Labute approximate surface area is 94.5 Å². The van der Waals surface area contributed by atoms with Crippen molar-refractivity contribution >= 4 is 5.91 Å². The number of carbonyl (C=O) groups is 1. The summed E-state index contributed by atoms with van der Waals surface area (Å²) in [4.78, 5) is 26.4. The number of hydrogen-bond acceptors (Lipinski definition) is 3. The molecule has 0 radical (unpaired) electrons. The molecule has 5 heteroatoms. The molecular weight excluding hydrogens is 206 g/mol. The van der Waals surface area contributed by atoms with Crippen molar-refractivity contribution in [1.82, 2.24) is 14.9 Å². The molecule has 88 valence electrons. The molecule has 0 spiro atoms. The van der Waals surface area contributed by atoms with E-state index in [0.29, 0.717) is 5.92 Å². The van der Waals surface area contributed by atoms with Gasteiger partial charge in [-0.3, -0.25) is 9.36 Å². The minimum atomic E-state index is -0.408. The van der Waals surface area contributed by atoms with Crippen LogP contribution in [0, 0.1) is 5.92 Å². The molecule has 1 amide bonds. The first kappa shape index (κ1) is 12.4. The summed E-state index contributed by atoms with van der Waals surface area (Å²) in [5.74, 6) is 0.200. The Morgan fingerprint density at radius 3 is 2.75 bits per heavy atom. The number of aromatic nitrogens is 2. The lowest BCUT2D eigenvalue weighted by molar-refractivity contribution is -0.122. The molecule has 1 atom stereocenters. The van der Waals surface area contributed by atoms with Crippen LogP contribution in [0.1, 0.15) is 20.8 Å². The average Bonchev–Trinajstić information content (AvgIpc) is 2.21. The molecule has 0 fully saturated rings. The van der Waals surface area contributed by atoms with E-state index < -0.39 is 5.69 Å². The van der Waals surface area contributed by atoms with Gasteiger partial charge in [0, 0.05) is 18.4 Å². The third kappa shape index (κ3) is 3.49. The molecule has 0 saturated carbocycles. The van der Waals surface area contributed by atoms with Crippen molar-refractivity contribution in [2.75, 3.05) is 0 Å². The van der Waals surface area contributed by atoms with Gasteiger partial charge in [-0.1, -0.05) is 13.8 Å². The van der Waals surface area contributed by atoms with Crippen molar-refractivity contribution in [2.24, 2.45) is 5.92 Å². The van der Waals surface area contributed by atoms with E-state index in [9.17, 15) is 9.59 Å². The normalized spacial score (nSPS) is 12.5. The first-order valence-corrected chi connectivity index (χ1v) is 5.31. The van der Waals surface area contributed by atoms with Crippen LogP contribution in [0.5, 0.6) is 0 Å². The van der Waals surface area contributed by atoms with E-state index in [1.165, 1.54) is 10.8 Å². The fraction of sp³-hybridized carbons (Fsp3) is 0.545. The number of nitrogens with zero attached hydrogens (tertiary/aromatic N) is 2.